The van der Waals surface area contributed by atoms with Gasteiger partial charge in [0.15, 0.2) is 0 Å². The Morgan fingerprint density at radius 1 is 1.09 bits per heavy atom. The van der Waals surface area contributed by atoms with Gasteiger partial charge in [0.1, 0.15) is 23.2 Å². The van der Waals surface area contributed by atoms with E-state index < -0.39 is 46.9 Å². The predicted octanol–water partition coefficient (Wildman–Crippen LogP) is 2.58. The van der Waals surface area contributed by atoms with E-state index in [1.807, 2.05) is 6.07 Å². The molecule has 0 spiro atoms. The molecule has 1 atom stereocenters. The predicted molar refractivity (Wildman–Crippen MR) is 112 cm³/mol. The molecular weight excluding hydrogens is 456 g/mol. The molecule has 170 valence electrons. The summed E-state index contributed by atoms with van der Waals surface area (Å²) in [4.78, 5) is 51.9. The summed E-state index contributed by atoms with van der Waals surface area (Å²) in [6.07, 6.45) is 0.588. The van der Waals surface area contributed by atoms with Crippen molar-refractivity contribution in [1.82, 2.24) is 15.1 Å². The number of amides is 4. The van der Waals surface area contributed by atoms with Crippen molar-refractivity contribution < 1.29 is 28.0 Å². The Morgan fingerprint density at radius 3 is 2.64 bits per heavy atom. The van der Waals surface area contributed by atoms with Crippen LogP contribution in [0.5, 0.6) is 0 Å². The van der Waals surface area contributed by atoms with Crippen LogP contribution in [0.1, 0.15) is 50.2 Å². The minimum atomic E-state index is -1.13. The summed E-state index contributed by atoms with van der Waals surface area (Å²) in [6, 6.07) is 5.21. The summed E-state index contributed by atoms with van der Waals surface area (Å²) in [5, 5.41) is 2.74. The molecule has 10 heteroatoms. The molecule has 4 amide bonds. The number of nitrogens with one attached hydrogen (secondary N) is 1. The number of hydrogen-bond donors (Lipinski definition) is 1. The van der Waals surface area contributed by atoms with Crippen molar-refractivity contribution in [2.24, 2.45) is 0 Å². The van der Waals surface area contributed by atoms with Gasteiger partial charge in [-0.15, -0.1) is 0 Å². The Morgan fingerprint density at radius 2 is 1.88 bits per heavy atom. The number of piperidine rings is 1. The maximum atomic E-state index is 15.4. The van der Waals surface area contributed by atoms with Crippen LogP contribution in [0.2, 0.25) is 5.02 Å². The van der Waals surface area contributed by atoms with E-state index in [2.05, 4.69) is 5.32 Å². The molecule has 3 aliphatic rings. The second kappa shape index (κ2) is 7.91. The van der Waals surface area contributed by atoms with E-state index >= 15 is 4.39 Å². The van der Waals surface area contributed by atoms with Crippen molar-refractivity contribution in [2.45, 2.75) is 38.4 Å². The van der Waals surface area contributed by atoms with Crippen molar-refractivity contribution in [1.29, 1.82) is 0 Å². The molecule has 0 saturated carbocycles. The van der Waals surface area contributed by atoms with Crippen molar-refractivity contribution in [2.75, 3.05) is 6.54 Å². The van der Waals surface area contributed by atoms with E-state index in [0.717, 1.165) is 22.1 Å². The lowest BCUT2D eigenvalue weighted by atomic mass is 9.98. The molecule has 2 aromatic rings. The van der Waals surface area contributed by atoms with Gasteiger partial charge in [-0.25, -0.2) is 8.78 Å². The van der Waals surface area contributed by atoms with Crippen LogP contribution in [-0.4, -0.2) is 46.0 Å². The van der Waals surface area contributed by atoms with Gasteiger partial charge in [0.2, 0.25) is 11.8 Å². The van der Waals surface area contributed by atoms with E-state index in [1.165, 1.54) is 4.90 Å². The van der Waals surface area contributed by atoms with Crippen LogP contribution < -0.4 is 5.32 Å². The van der Waals surface area contributed by atoms with Gasteiger partial charge in [-0.1, -0.05) is 23.7 Å². The number of carbonyl (C=O) groups is 4. The second-order valence-corrected chi connectivity index (χ2v) is 8.73. The first-order valence-corrected chi connectivity index (χ1v) is 10.8. The molecule has 0 radical (unpaired) electrons. The first-order valence-electron chi connectivity index (χ1n) is 10.5. The lowest BCUT2D eigenvalue weighted by Gasteiger charge is -2.30. The monoisotopic (exact) mass is 473 g/mol. The minimum Gasteiger partial charge on any atom is -0.334 e. The van der Waals surface area contributed by atoms with Crippen LogP contribution in [0.4, 0.5) is 8.78 Å². The van der Waals surface area contributed by atoms with E-state index in [4.69, 9.17) is 11.6 Å². The number of hydrogen-bond acceptors (Lipinski definition) is 4. The third-order valence-electron chi connectivity index (χ3n) is 6.44. The van der Waals surface area contributed by atoms with E-state index in [1.54, 1.807) is 12.1 Å². The number of imide groups is 1. The third kappa shape index (κ3) is 3.47. The SMILES string of the molecule is O=C1CCC(N2Cc3c(cc(F)c(C(=O)N4CCc5c(Cl)cccc5C4)c3F)C2=O)C(=O)N1. The average molecular weight is 474 g/mol. The quantitative estimate of drug-likeness (QED) is 0.679. The average Bonchev–Trinajstić information content (AvgIpc) is 3.10. The fourth-order valence-electron chi connectivity index (χ4n) is 4.72. The van der Waals surface area contributed by atoms with Gasteiger partial charge < -0.3 is 9.80 Å². The van der Waals surface area contributed by atoms with E-state index in [9.17, 15) is 23.6 Å². The van der Waals surface area contributed by atoms with Gasteiger partial charge in [-0.3, -0.25) is 24.5 Å². The molecule has 3 heterocycles. The van der Waals surface area contributed by atoms with Gasteiger partial charge in [-0.2, -0.15) is 0 Å². The molecule has 3 aliphatic heterocycles. The van der Waals surface area contributed by atoms with E-state index in [0.29, 0.717) is 11.4 Å². The molecular formula is C23H18ClF2N3O4. The van der Waals surface area contributed by atoms with Gasteiger partial charge in [0.05, 0.1) is 12.1 Å². The topological polar surface area (TPSA) is 86.8 Å². The first kappa shape index (κ1) is 21.5. The number of rotatable bonds is 2. The Bertz CT molecular complexity index is 1250. The van der Waals surface area contributed by atoms with Crippen LogP contribution in [0.25, 0.3) is 0 Å². The van der Waals surface area contributed by atoms with Gasteiger partial charge >= 0.3 is 0 Å². The second-order valence-electron chi connectivity index (χ2n) is 8.33. The van der Waals surface area contributed by atoms with Crippen LogP contribution in [0, 0.1) is 11.6 Å². The maximum Gasteiger partial charge on any atom is 0.260 e. The number of benzene rings is 2. The van der Waals surface area contributed by atoms with Crippen LogP contribution in [-0.2, 0) is 29.1 Å². The summed E-state index contributed by atoms with van der Waals surface area (Å²) < 4.78 is 30.4. The molecule has 5 rings (SSSR count). The molecule has 1 N–H and O–H groups in total. The van der Waals surface area contributed by atoms with E-state index in [-0.39, 0.29) is 43.6 Å². The van der Waals surface area contributed by atoms with Crippen molar-refractivity contribution >= 4 is 35.2 Å². The van der Waals surface area contributed by atoms with Gasteiger partial charge in [0, 0.05) is 30.1 Å². The largest absolute Gasteiger partial charge is 0.334 e. The summed E-state index contributed by atoms with van der Waals surface area (Å²) in [5.74, 6) is -4.87. The first-order chi connectivity index (χ1) is 15.8. The van der Waals surface area contributed by atoms with Crippen molar-refractivity contribution in [3.8, 4) is 0 Å². The molecule has 0 bridgehead atoms. The highest BCUT2D eigenvalue weighted by atomic mass is 35.5. The van der Waals surface area contributed by atoms with Gasteiger partial charge in [-0.05, 0) is 36.1 Å². The molecule has 1 fully saturated rings. The summed E-state index contributed by atoms with van der Waals surface area (Å²) >= 11 is 6.20. The Balaban J connectivity index is 1.44. The zero-order valence-corrected chi connectivity index (χ0v) is 18.0. The normalized spacial score (nSPS) is 20.0. The highest BCUT2D eigenvalue weighted by molar-refractivity contribution is 6.31. The standard InChI is InChI=1S/C23H18ClF2N3O4/c24-15-3-1-2-11-9-28(7-6-12(11)15)23(33)19-16(25)8-13-14(20(19)26)10-29(22(13)32)17-4-5-18(30)27-21(17)31/h1-3,8,17H,4-7,9-10H2,(H,27,30,31). The van der Waals surface area contributed by atoms with Gasteiger partial charge in [0.25, 0.3) is 11.8 Å². The summed E-state index contributed by atoms with van der Waals surface area (Å²) in [6.45, 7) is 0.115. The van der Waals surface area contributed by atoms with Crippen molar-refractivity contribution in [3.63, 3.8) is 0 Å². The molecule has 7 nitrogen and oxygen atoms in total. The lowest BCUT2D eigenvalue weighted by Crippen LogP contribution is -2.52. The Labute approximate surface area is 192 Å². The molecule has 1 unspecified atom stereocenters. The number of nitrogens with zero attached hydrogens (tertiary/aromatic N) is 2. The highest BCUT2D eigenvalue weighted by Crippen LogP contribution is 2.34. The maximum absolute atomic E-state index is 15.4. The van der Waals surface area contributed by atoms with Crippen LogP contribution >= 0.6 is 11.6 Å². The van der Waals surface area contributed by atoms with Crippen LogP contribution in [0.3, 0.4) is 0 Å². The number of fused-ring (bicyclic) bond motifs is 2. The smallest absolute Gasteiger partial charge is 0.260 e. The zero-order valence-electron chi connectivity index (χ0n) is 17.3. The highest BCUT2D eigenvalue weighted by Gasteiger charge is 2.42. The Kier molecular flexibility index (Phi) is 5.16. The molecule has 33 heavy (non-hydrogen) atoms. The Hall–Kier alpha value is -3.33. The summed E-state index contributed by atoms with van der Waals surface area (Å²) in [5.41, 5.74) is 0.640. The molecule has 0 aromatic heterocycles. The lowest BCUT2D eigenvalue weighted by molar-refractivity contribution is -0.136. The van der Waals surface area contributed by atoms with Crippen LogP contribution in [0.15, 0.2) is 24.3 Å². The fraction of sp³-hybridized carbons (Fsp3) is 0.304. The number of carbonyl (C=O) groups excluding carboxylic acids is 4. The molecule has 0 aliphatic carbocycles. The molecule has 1 saturated heterocycles. The summed E-state index contributed by atoms with van der Waals surface area (Å²) in [7, 11) is 0. The zero-order chi connectivity index (χ0) is 23.4. The number of halogens is 3. The minimum absolute atomic E-state index is 0.0392. The van der Waals surface area contributed by atoms with Crippen molar-refractivity contribution in [3.05, 3.63) is 68.7 Å². The third-order valence-corrected chi connectivity index (χ3v) is 6.79. The molecule has 2 aromatic carbocycles. The fourth-order valence-corrected chi connectivity index (χ4v) is 5.01.